The van der Waals surface area contributed by atoms with Gasteiger partial charge in [-0.2, -0.15) is 0 Å². The monoisotopic (exact) mass is 144 g/mol. The van der Waals surface area contributed by atoms with Crippen molar-refractivity contribution in [2.45, 2.75) is 32.1 Å². The van der Waals surface area contributed by atoms with E-state index < -0.39 is 0 Å². The molecular formula is C8H13Cl. The van der Waals surface area contributed by atoms with Gasteiger partial charge < -0.3 is 0 Å². The molecule has 0 unspecified atom stereocenters. The van der Waals surface area contributed by atoms with Crippen molar-refractivity contribution in [2.24, 2.45) is 11.3 Å². The van der Waals surface area contributed by atoms with E-state index in [1.807, 2.05) is 0 Å². The molecule has 2 aliphatic rings. The van der Waals surface area contributed by atoms with Gasteiger partial charge in [-0.25, -0.2) is 0 Å². The fourth-order valence-corrected chi connectivity index (χ4v) is 2.46. The minimum Gasteiger partial charge on any atom is -0.126 e. The normalized spacial score (nSPS) is 31.7. The van der Waals surface area contributed by atoms with Gasteiger partial charge in [-0.3, -0.25) is 0 Å². The van der Waals surface area contributed by atoms with Crippen LogP contribution in [0.15, 0.2) is 0 Å². The molecule has 0 bridgehead atoms. The smallest absolute Gasteiger partial charge is 0.0282 e. The Morgan fingerprint density at radius 1 is 1.33 bits per heavy atom. The van der Waals surface area contributed by atoms with Crippen molar-refractivity contribution in [3.05, 3.63) is 0 Å². The summed E-state index contributed by atoms with van der Waals surface area (Å²) in [7, 11) is 0. The van der Waals surface area contributed by atoms with E-state index in [2.05, 4.69) is 0 Å². The summed E-state index contributed by atoms with van der Waals surface area (Å²) in [5.41, 5.74) is 0.640. The molecule has 0 aromatic carbocycles. The lowest BCUT2D eigenvalue weighted by atomic mass is 9.67. The quantitative estimate of drug-likeness (QED) is 0.523. The van der Waals surface area contributed by atoms with Crippen LogP contribution in [0.2, 0.25) is 0 Å². The van der Waals surface area contributed by atoms with Crippen LogP contribution in [0.1, 0.15) is 32.1 Å². The molecule has 2 fully saturated rings. The Labute approximate surface area is 61.6 Å². The Morgan fingerprint density at radius 3 is 2.11 bits per heavy atom. The van der Waals surface area contributed by atoms with Crippen LogP contribution in [0.4, 0.5) is 0 Å². The third-order valence-corrected chi connectivity index (χ3v) is 3.59. The van der Waals surface area contributed by atoms with Gasteiger partial charge in [-0.05, 0) is 37.0 Å². The largest absolute Gasteiger partial charge is 0.126 e. The molecule has 52 valence electrons. The number of halogens is 1. The lowest BCUT2D eigenvalue weighted by molar-refractivity contribution is 0.132. The fourth-order valence-electron chi connectivity index (χ4n) is 1.98. The average molecular weight is 145 g/mol. The van der Waals surface area contributed by atoms with E-state index >= 15 is 0 Å². The van der Waals surface area contributed by atoms with Gasteiger partial charge in [0.15, 0.2) is 0 Å². The first-order valence-electron chi connectivity index (χ1n) is 3.93. The molecule has 9 heavy (non-hydrogen) atoms. The molecule has 0 spiro atoms. The van der Waals surface area contributed by atoms with Gasteiger partial charge in [0.05, 0.1) is 0 Å². The zero-order valence-electron chi connectivity index (χ0n) is 5.70. The summed E-state index contributed by atoms with van der Waals surface area (Å²) in [5.74, 6) is 1.96. The topological polar surface area (TPSA) is 0 Å². The highest BCUT2D eigenvalue weighted by Gasteiger charge is 2.48. The fraction of sp³-hybridized carbons (Fsp3) is 1.00. The standard InChI is InChI=1S/C8H13Cl/c9-6-8(4-1-5-8)7-2-3-7/h7H,1-6H2. The van der Waals surface area contributed by atoms with E-state index in [4.69, 9.17) is 11.6 Å². The third kappa shape index (κ3) is 0.797. The molecule has 0 aliphatic heterocycles. The van der Waals surface area contributed by atoms with Crippen LogP contribution in [0, 0.1) is 11.3 Å². The van der Waals surface area contributed by atoms with Crippen LogP contribution in [-0.2, 0) is 0 Å². The van der Waals surface area contributed by atoms with Crippen LogP contribution in [-0.4, -0.2) is 5.88 Å². The maximum atomic E-state index is 5.90. The molecule has 2 saturated carbocycles. The predicted octanol–water partition coefficient (Wildman–Crippen LogP) is 2.81. The molecule has 0 N–H and O–H groups in total. The molecule has 1 heteroatoms. The Bertz CT molecular complexity index is 106. The van der Waals surface area contributed by atoms with Crippen molar-refractivity contribution in [3.63, 3.8) is 0 Å². The van der Waals surface area contributed by atoms with Crippen LogP contribution >= 0.6 is 11.6 Å². The molecule has 0 aromatic heterocycles. The SMILES string of the molecule is ClCC1(C2CC2)CCC1. The molecule has 2 rings (SSSR count). The van der Waals surface area contributed by atoms with E-state index in [0.717, 1.165) is 11.8 Å². The summed E-state index contributed by atoms with van der Waals surface area (Å²) in [6.45, 7) is 0. The third-order valence-electron chi connectivity index (χ3n) is 3.06. The highest BCUT2D eigenvalue weighted by molar-refractivity contribution is 6.18. The molecule has 0 heterocycles. The average Bonchev–Trinajstić information content (AvgIpc) is 2.47. The van der Waals surface area contributed by atoms with Gasteiger partial charge in [0.25, 0.3) is 0 Å². The van der Waals surface area contributed by atoms with Crippen molar-refractivity contribution in [2.75, 3.05) is 5.88 Å². The van der Waals surface area contributed by atoms with Crippen LogP contribution in [0.25, 0.3) is 0 Å². The summed E-state index contributed by atoms with van der Waals surface area (Å²) in [4.78, 5) is 0. The molecule has 0 saturated heterocycles. The number of alkyl halides is 1. The first-order chi connectivity index (χ1) is 4.37. The van der Waals surface area contributed by atoms with E-state index in [1.165, 1.54) is 32.1 Å². The molecule has 0 nitrogen and oxygen atoms in total. The van der Waals surface area contributed by atoms with Crippen molar-refractivity contribution in [3.8, 4) is 0 Å². The number of rotatable bonds is 2. The van der Waals surface area contributed by atoms with E-state index in [-0.39, 0.29) is 0 Å². The summed E-state index contributed by atoms with van der Waals surface area (Å²) < 4.78 is 0. The van der Waals surface area contributed by atoms with E-state index in [1.54, 1.807) is 0 Å². The summed E-state index contributed by atoms with van der Waals surface area (Å²) in [6, 6.07) is 0. The highest BCUT2D eigenvalue weighted by atomic mass is 35.5. The Morgan fingerprint density at radius 2 is 2.00 bits per heavy atom. The molecule has 0 radical (unpaired) electrons. The molecule has 0 amide bonds. The van der Waals surface area contributed by atoms with Gasteiger partial charge in [-0.15, -0.1) is 11.6 Å². The second-order valence-electron chi connectivity index (χ2n) is 3.62. The maximum Gasteiger partial charge on any atom is 0.0282 e. The lowest BCUT2D eigenvalue weighted by Gasteiger charge is -2.40. The highest BCUT2D eigenvalue weighted by Crippen LogP contribution is 2.57. The molecule has 0 atom stereocenters. The van der Waals surface area contributed by atoms with Crippen molar-refractivity contribution < 1.29 is 0 Å². The van der Waals surface area contributed by atoms with Gasteiger partial charge in [0, 0.05) is 5.88 Å². The Hall–Kier alpha value is 0.290. The maximum absolute atomic E-state index is 5.90. The first kappa shape index (κ1) is 6.03. The Balaban J connectivity index is 1.99. The van der Waals surface area contributed by atoms with Gasteiger partial charge in [-0.1, -0.05) is 6.42 Å². The minimum absolute atomic E-state index is 0.640. The minimum atomic E-state index is 0.640. The summed E-state index contributed by atoms with van der Waals surface area (Å²) in [5, 5.41) is 0. The second-order valence-corrected chi connectivity index (χ2v) is 3.89. The van der Waals surface area contributed by atoms with Gasteiger partial charge in [0.1, 0.15) is 0 Å². The van der Waals surface area contributed by atoms with Crippen molar-refractivity contribution >= 4 is 11.6 Å². The van der Waals surface area contributed by atoms with Crippen molar-refractivity contribution in [1.29, 1.82) is 0 Å². The van der Waals surface area contributed by atoms with Gasteiger partial charge in [0.2, 0.25) is 0 Å². The summed E-state index contributed by atoms with van der Waals surface area (Å²) >= 11 is 5.90. The predicted molar refractivity (Wildman–Crippen MR) is 39.7 cm³/mol. The van der Waals surface area contributed by atoms with E-state index in [0.29, 0.717) is 5.41 Å². The molecule has 0 aromatic rings. The van der Waals surface area contributed by atoms with Crippen molar-refractivity contribution in [1.82, 2.24) is 0 Å². The van der Waals surface area contributed by atoms with Gasteiger partial charge >= 0.3 is 0 Å². The number of hydrogen-bond donors (Lipinski definition) is 0. The zero-order chi connectivity index (χ0) is 6.32. The molecule has 2 aliphatic carbocycles. The molecular weight excluding hydrogens is 132 g/mol. The number of hydrogen-bond acceptors (Lipinski definition) is 0. The lowest BCUT2D eigenvalue weighted by Crippen LogP contribution is -2.33. The Kier molecular flexibility index (Phi) is 1.26. The van der Waals surface area contributed by atoms with Crippen LogP contribution in [0.5, 0.6) is 0 Å². The zero-order valence-corrected chi connectivity index (χ0v) is 6.45. The van der Waals surface area contributed by atoms with E-state index in [9.17, 15) is 0 Å². The summed E-state index contributed by atoms with van der Waals surface area (Å²) in [6.07, 6.45) is 7.20. The first-order valence-corrected chi connectivity index (χ1v) is 4.47. The second kappa shape index (κ2) is 1.88. The van der Waals surface area contributed by atoms with Crippen LogP contribution in [0.3, 0.4) is 0 Å². The van der Waals surface area contributed by atoms with Crippen LogP contribution < -0.4 is 0 Å².